The molecule has 0 aliphatic carbocycles. The van der Waals surface area contributed by atoms with E-state index in [-0.39, 0.29) is 77.6 Å². The standard InChI is InChI=1S/3C9H5Br2NO.Eu.2H2O/c3*10-6-4-7(11)9(13)8-5(6)2-1-3-12-8;;;/h3*1-4,13H;;2*1H2/q;;;+3;;/p-3. The zero-order valence-electron chi connectivity index (χ0n) is 20.6. The van der Waals surface area contributed by atoms with Crippen molar-refractivity contribution >= 4 is 128 Å². The molecule has 6 rings (SSSR count). The Kier molecular flexibility index (Phi) is 17.0. The summed E-state index contributed by atoms with van der Waals surface area (Å²) >= 11 is 19.7. The Labute approximate surface area is 331 Å². The minimum atomic E-state index is -0.0706. The fourth-order valence-electron chi connectivity index (χ4n) is 3.44. The van der Waals surface area contributed by atoms with Crippen LogP contribution in [0.3, 0.4) is 0 Å². The number of aromatic nitrogens is 3. The summed E-state index contributed by atoms with van der Waals surface area (Å²) in [5, 5.41) is 37.2. The molecule has 0 fully saturated rings. The predicted octanol–water partition coefficient (Wildman–Crippen LogP) is 6.85. The molecule has 0 saturated heterocycles. The van der Waals surface area contributed by atoms with Crippen molar-refractivity contribution in [3.8, 4) is 17.2 Å². The second-order valence-corrected chi connectivity index (χ2v) is 12.8. The van der Waals surface area contributed by atoms with Crippen LogP contribution in [0, 0.1) is 49.4 Å². The smallest absolute Gasteiger partial charge is 0.870 e. The molecule has 0 saturated carbocycles. The summed E-state index contributed by atoms with van der Waals surface area (Å²) in [5.41, 5.74) is 1.47. The minimum Gasteiger partial charge on any atom is -0.870 e. The molecule has 42 heavy (non-hydrogen) atoms. The molecule has 0 atom stereocenters. The van der Waals surface area contributed by atoms with Gasteiger partial charge in [-0.2, -0.15) is 0 Å². The fourth-order valence-corrected chi connectivity index (χ4v) is 7.26. The molecule has 218 valence electrons. The summed E-state index contributed by atoms with van der Waals surface area (Å²) in [7, 11) is 0. The van der Waals surface area contributed by atoms with E-state index in [9.17, 15) is 15.3 Å². The Morgan fingerprint density at radius 2 is 0.667 bits per heavy atom. The van der Waals surface area contributed by atoms with E-state index in [0.717, 1.165) is 29.6 Å². The molecule has 0 radical (unpaired) electrons. The van der Waals surface area contributed by atoms with Crippen molar-refractivity contribution in [2.45, 2.75) is 0 Å². The molecule has 0 amide bonds. The van der Waals surface area contributed by atoms with Crippen LogP contribution >= 0.6 is 95.6 Å². The fraction of sp³-hybridized carbons (Fsp3) is 0. The van der Waals surface area contributed by atoms with Gasteiger partial charge in [-0.05, 0) is 36.4 Å². The van der Waals surface area contributed by atoms with Gasteiger partial charge < -0.3 is 26.3 Å². The molecule has 0 bridgehead atoms. The topological polar surface area (TPSA) is 171 Å². The number of hydrogen-bond donors (Lipinski definition) is 0. The molecule has 3 heterocycles. The average Bonchev–Trinajstić information content (AvgIpc) is 2.94. The molecule has 4 N–H and O–H groups in total. The van der Waals surface area contributed by atoms with Gasteiger partial charge in [-0.3, -0.25) is 15.0 Å². The molecule has 6 aromatic rings. The second kappa shape index (κ2) is 18.0. The largest absolute Gasteiger partial charge is 3.00 e. The number of pyridine rings is 3. The number of halogens is 6. The van der Waals surface area contributed by atoms with Crippen LogP contribution < -0.4 is 15.3 Å². The second-order valence-electron chi connectivity index (χ2n) is 7.71. The Hall–Kier alpha value is -0.326. The van der Waals surface area contributed by atoms with E-state index in [0.29, 0.717) is 30.0 Å². The van der Waals surface area contributed by atoms with Crippen LogP contribution in [0.25, 0.3) is 32.7 Å². The molecule has 0 unspecified atom stereocenters. The number of fused-ring (bicyclic) bond motifs is 3. The summed E-state index contributed by atoms with van der Waals surface area (Å²) < 4.78 is 4.23. The normalized spacial score (nSPS) is 9.86. The number of nitrogens with zero attached hydrogens (tertiary/aromatic N) is 3. The van der Waals surface area contributed by atoms with E-state index in [1.165, 1.54) is 0 Å². The van der Waals surface area contributed by atoms with E-state index >= 15 is 0 Å². The Morgan fingerprint density at radius 3 is 0.905 bits per heavy atom. The van der Waals surface area contributed by atoms with Crippen molar-refractivity contribution in [3.05, 3.63) is 100 Å². The van der Waals surface area contributed by atoms with E-state index in [1.807, 2.05) is 18.2 Å². The first-order chi connectivity index (χ1) is 18.6. The summed E-state index contributed by atoms with van der Waals surface area (Å²) in [6.07, 6.45) is 4.84. The first-order valence-corrected chi connectivity index (χ1v) is 15.5. The van der Waals surface area contributed by atoms with Crippen molar-refractivity contribution < 1.29 is 75.6 Å². The molecule has 3 aromatic carbocycles. The summed E-state index contributed by atoms with van der Waals surface area (Å²) in [6, 6.07) is 16.2. The van der Waals surface area contributed by atoms with Crippen LogP contribution in [0.1, 0.15) is 0 Å². The number of benzene rings is 3. The van der Waals surface area contributed by atoms with Gasteiger partial charge in [0, 0.05) is 61.6 Å². The minimum absolute atomic E-state index is 0. The molecule has 8 nitrogen and oxygen atoms in total. The maximum absolute atomic E-state index is 11.6. The van der Waals surface area contributed by atoms with E-state index in [2.05, 4.69) is 111 Å². The van der Waals surface area contributed by atoms with Crippen LogP contribution in [-0.4, -0.2) is 25.9 Å². The predicted molar refractivity (Wildman–Crippen MR) is 177 cm³/mol. The Balaban J connectivity index is 0.000000304. The molecule has 0 spiro atoms. The van der Waals surface area contributed by atoms with Gasteiger partial charge in [0.15, 0.2) is 0 Å². The molecule has 0 aliphatic heterocycles. The number of rotatable bonds is 0. The molecule has 15 heteroatoms. The third kappa shape index (κ3) is 9.12. The van der Waals surface area contributed by atoms with Gasteiger partial charge in [-0.15, -0.1) is 0 Å². The van der Waals surface area contributed by atoms with Crippen LogP contribution in [0.5, 0.6) is 17.2 Å². The van der Waals surface area contributed by atoms with Crippen molar-refractivity contribution in [1.82, 2.24) is 15.0 Å². The van der Waals surface area contributed by atoms with Gasteiger partial charge in [0.2, 0.25) is 0 Å². The van der Waals surface area contributed by atoms with Crippen LogP contribution in [0.2, 0.25) is 0 Å². The van der Waals surface area contributed by atoms with Gasteiger partial charge >= 0.3 is 49.4 Å². The quantitative estimate of drug-likeness (QED) is 0.161. The molecular formula is C27H16Br6EuN3O5. The zero-order valence-corrected chi connectivity index (χ0v) is 32.6. The van der Waals surface area contributed by atoms with Crippen molar-refractivity contribution in [2.24, 2.45) is 0 Å². The van der Waals surface area contributed by atoms with Gasteiger partial charge in [0.25, 0.3) is 0 Å². The summed E-state index contributed by atoms with van der Waals surface area (Å²) in [5.74, 6) is -0.212. The monoisotopic (exact) mass is 1090 g/mol. The molecule has 0 aliphatic rings. The van der Waals surface area contributed by atoms with Crippen LogP contribution in [0.4, 0.5) is 0 Å². The Bertz CT molecular complexity index is 1640. The van der Waals surface area contributed by atoms with E-state index < -0.39 is 0 Å². The van der Waals surface area contributed by atoms with Gasteiger partial charge in [0.1, 0.15) is 0 Å². The average molecular weight is 1090 g/mol. The molecular weight excluding hydrogens is 1080 g/mol. The maximum atomic E-state index is 11.6. The first kappa shape index (κ1) is 39.7. The van der Waals surface area contributed by atoms with E-state index in [1.54, 1.807) is 55.0 Å². The number of hydrogen-bond acceptors (Lipinski definition) is 6. The SMILES string of the molecule is O.O.[Eu+3].[O-]c1c(Br)cc(Br)c2cccnc12.[O-]c1c(Br)cc(Br)c2cccnc12.[O-]c1c(Br)cc(Br)c2cccnc12. The third-order valence-corrected chi connectivity index (χ3v) is 8.99. The van der Waals surface area contributed by atoms with Gasteiger partial charge in [0.05, 0.1) is 16.6 Å². The van der Waals surface area contributed by atoms with Crippen molar-refractivity contribution in [2.75, 3.05) is 0 Å². The van der Waals surface area contributed by atoms with Crippen molar-refractivity contribution in [1.29, 1.82) is 0 Å². The summed E-state index contributed by atoms with van der Waals surface area (Å²) in [4.78, 5) is 12.1. The van der Waals surface area contributed by atoms with Crippen molar-refractivity contribution in [3.63, 3.8) is 0 Å². The van der Waals surface area contributed by atoms with Crippen LogP contribution in [0.15, 0.2) is 100 Å². The molecule has 3 aromatic heterocycles. The first-order valence-electron chi connectivity index (χ1n) is 10.8. The zero-order chi connectivity index (χ0) is 28.3. The van der Waals surface area contributed by atoms with Gasteiger partial charge in [-0.25, -0.2) is 0 Å². The maximum Gasteiger partial charge on any atom is 3.00 e. The van der Waals surface area contributed by atoms with E-state index in [4.69, 9.17) is 0 Å². The summed E-state index contributed by atoms with van der Waals surface area (Å²) in [6.45, 7) is 0. The van der Waals surface area contributed by atoms with Gasteiger partial charge in [-0.1, -0.05) is 131 Å². The van der Waals surface area contributed by atoms with Crippen LogP contribution in [-0.2, 0) is 0 Å². The Morgan fingerprint density at radius 1 is 0.429 bits per heavy atom. The third-order valence-electron chi connectivity index (χ3n) is 5.25.